The summed E-state index contributed by atoms with van der Waals surface area (Å²) in [4.78, 5) is 0. The lowest BCUT2D eigenvalue weighted by Crippen LogP contribution is -2.26. The molecule has 1 rings (SSSR count). The van der Waals surface area contributed by atoms with Gasteiger partial charge in [0.1, 0.15) is 0 Å². The monoisotopic (exact) mass is 187 g/mol. The highest BCUT2D eigenvalue weighted by molar-refractivity contribution is 5.04. The van der Waals surface area contributed by atoms with Crippen LogP contribution in [0.15, 0.2) is 0 Å². The van der Waals surface area contributed by atoms with E-state index in [0.29, 0.717) is 25.0 Å². The average Bonchev–Trinajstić information content (AvgIpc) is 2.81. The van der Waals surface area contributed by atoms with E-state index in [4.69, 9.17) is 5.11 Å². The molecule has 3 N–H and O–H groups in total. The molecule has 13 heavy (non-hydrogen) atoms. The molecule has 3 heteroatoms. The van der Waals surface area contributed by atoms with Gasteiger partial charge in [0.05, 0.1) is 6.61 Å². The highest BCUT2D eigenvalue weighted by Crippen LogP contribution is 2.56. The Labute approximate surface area is 80.2 Å². The van der Waals surface area contributed by atoms with Crippen LogP contribution in [0.2, 0.25) is 0 Å². The van der Waals surface area contributed by atoms with Crippen molar-refractivity contribution in [3.05, 3.63) is 0 Å². The van der Waals surface area contributed by atoms with Crippen LogP contribution in [0, 0.1) is 17.3 Å². The van der Waals surface area contributed by atoms with E-state index in [0.717, 1.165) is 13.0 Å². The van der Waals surface area contributed by atoms with Crippen LogP contribution >= 0.6 is 0 Å². The summed E-state index contributed by atoms with van der Waals surface area (Å²) < 4.78 is 0. The molecular weight excluding hydrogens is 166 g/mol. The summed E-state index contributed by atoms with van der Waals surface area (Å²) in [5.41, 5.74) is 0.169. The molecule has 2 atom stereocenters. The van der Waals surface area contributed by atoms with Gasteiger partial charge < -0.3 is 15.5 Å². The van der Waals surface area contributed by atoms with Gasteiger partial charge >= 0.3 is 0 Å². The maximum atomic E-state index is 9.28. The van der Waals surface area contributed by atoms with Crippen LogP contribution in [0.1, 0.15) is 20.3 Å². The Hall–Kier alpha value is -0.120. The van der Waals surface area contributed by atoms with Crippen molar-refractivity contribution in [2.24, 2.45) is 17.3 Å². The van der Waals surface area contributed by atoms with Crippen LogP contribution in [0.4, 0.5) is 0 Å². The van der Waals surface area contributed by atoms with Crippen LogP contribution in [0.3, 0.4) is 0 Å². The summed E-state index contributed by atoms with van der Waals surface area (Å²) in [5.74, 6) is 1.16. The second-order valence-electron chi connectivity index (χ2n) is 4.37. The van der Waals surface area contributed by atoms with E-state index in [-0.39, 0.29) is 12.0 Å². The van der Waals surface area contributed by atoms with Gasteiger partial charge in [-0.15, -0.1) is 0 Å². The Kier molecular flexibility index (Phi) is 3.71. The summed E-state index contributed by atoms with van der Waals surface area (Å²) in [6, 6.07) is 0. The Morgan fingerprint density at radius 2 is 2.15 bits per heavy atom. The third-order valence-electron chi connectivity index (χ3n) is 3.40. The average molecular weight is 187 g/mol. The quantitative estimate of drug-likeness (QED) is 0.521. The van der Waals surface area contributed by atoms with E-state index < -0.39 is 0 Å². The number of hydrogen-bond acceptors (Lipinski definition) is 3. The van der Waals surface area contributed by atoms with E-state index in [1.54, 1.807) is 0 Å². The van der Waals surface area contributed by atoms with Gasteiger partial charge in [-0.2, -0.15) is 0 Å². The van der Waals surface area contributed by atoms with Gasteiger partial charge in [0.25, 0.3) is 0 Å². The molecule has 0 spiro atoms. The Morgan fingerprint density at radius 1 is 1.46 bits per heavy atom. The van der Waals surface area contributed by atoms with Crippen molar-refractivity contribution >= 4 is 0 Å². The molecule has 1 aliphatic carbocycles. The Morgan fingerprint density at radius 3 is 2.54 bits per heavy atom. The summed E-state index contributed by atoms with van der Waals surface area (Å²) in [7, 11) is 0. The molecule has 1 saturated carbocycles. The standard InChI is InChI=1S/C10H21NO2/c1-8(2)10(7-13)5-9(10)6-11-3-4-12/h8-9,11-13H,3-7H2,1-2H3. The lowest BCUT2D eigenvalue weighted by Gasteiger charge is -2.18. The van der Waals surface area contributed by atoms with Gasteiger partial charge in [0.2, 0.25) is 0 Å². The van der Waals surface area contributed by atoms with Crippen molar-refractivity contribution in [2.45, 2.75) is 20.3 Å². The number of rotatable bonds is 6. The first-order chi connectivity index (χ1) is 6.17. The first-order valence-corrected chi connectivity index (χ1v) is 5.10. The lowest BCUT2D eigenvalue weighted by molar-refractivity contribution is 0.155. The van der Waals surface area contributed by atoms with E-state index in [1.165, 1.54) is 0 Å². The van der Waals surface area contributed by atoms with Gasteiger partial charge in [0, 0.05) is 18.6 Å². The second kappa shape index (κ2) is 4.40. The maximum Gasteiger partial charge on any atom is 0.0555 e. The van der Waals surface area contributed by atoms with Crippen LogP contribution in [0.5, 0.6) is 0 Å². The van der Waals surface area contributed by atoms with Crippen LogP contribution in [-0.2, 0) is 0 Å². The van der Waals surface area contributed by atoms with Crippen molar-refractivity contribution in [2.75, 3.05) is 26.3 Å². The topological polar surface area (TPSA) is 52.5 Å². The molecule has 0 amide bonds. The number of nitrogens with one attached hydrogen (secondary N) is 1. The van der Waals surface area contributed by atoms with Gasteiger partial charge in [-0.3, -0.25) is 0 Å². The van der Waals surface area contributed by atoms with Crippen molar-refractivity contribution in [3.63, 3.8) is 0 Å². The fourth-order valence-electron chi connectivity index (χ4n) is 2.11. The van der Waals surface area contributed by atoms with E-state index in [2.05, 4.69) is 19.2 Å². The van der Waals surface area contributed by atoms with Crippen molar-refractivity contribution in [3.8, 4) is 0 Å². The molecule has 0 radical (unpaired) electrons. The third-order valence-corrected chi connectivity index (χ3v) is 3.40. The van der Waals surface area contributed by atoms with Crippen molar-refractivity contribution < 1.29 is 10.2 Å². The lowest BCUT2D eigenvalue weighted by atomic mass is 9.90. The fraction of sp³-hybridized carbons (Fsp3) is 1.00. The highest BCUT2D eigenvalue weighted by Gasteiger charge is 2.54. The highest BCUT2D eigenvalue weighted by atomic mass is 16.3. The molecule has 1 fully saturated rings. The molecule has 0 aromatic carbocycles. The predicted molar refractivity (Wildman–Crippen MR) is 52.4 cm³/mol. The number of hydrogen-bond donors (Lipinski definition) is 3. The molecule has 0 bridgehead atoms. The molecule has 0 saturated heterocycles. The maximum absolute atomic E-state index is 9.28. The third kappa shape index (κ3) is 2.22. The number of aliphatic hydroxyl groups is 2. The summed E-state index contributed by atoms with van der Waals surface area (Å²) in [5, 5.41) is 21.0. The van der Waals surface area contributed by atoms with Crippen LogP contribution in [0.25, 0.3) is 0 Å². The first kappa shape index (κ1) is 11.0. The van der Waals surface area contributed by atoms with E-state index in [1.807, 2.05) is 0 Å². The zero-order valence-corrected chi connectivity index (χ0v) is 8.58. The summed E-state index contributed by atoms with van der Waals surface area (Å²) >= 11 is 0. The molecule has 3 nitrogen and oxygen atoms in total. The minimum absolute atomic E-state index is 0.169. The predicted octanol–water partition coefficient (Wildman–Crippen LogP) is 0.223. The zero-order valence-electron chi connectivity index (χ0n) is 8.58. The largest absolute Gasteiger partial charge is 0.396 e. The molecule has 0 aromatic heterocycles. The van der Waals surface area contributed by atoms with Crippen LogP contribution < -0.4 is 5.32 Å². The fourth-order valence-corrected chi connectivity index (χ4v) is 2.11. The molecular formula is C10H21NO2. The Bertz CT molecular complexity index is 161. The second-order valence-corrected chi connectivity index (χ2v) is 4.37. The van der Waals surface area contributed by atoms with E-state index in [9.17, 15) is 5.11 Å². The summed E-state index contributed by atoms with van der Waals surface area (Å²) in [6.07, 6.45) is 1.12. The van der Waals surface area contributed by atoms with Crippen molar-refractivity contribution in [1.29, 1.82) is 0 Å². The zero-order chi connectivity index (χ0) is 9.90. The molecule has 2 unspecified atom stereocenters. The normalized spacial score (nSPS) is 32.5. The number of aliphatic hydroxyl groups excluding tert-OH is 2. The molecule has 78 valence electrons. The van der Waals surface area contributed by atoms with Gasteiger partial charge in [-0.1, -0.05) is 13.8 Å². The molecule has 0 aromatic rings. The first-order valence-electron chi connectivity index (χ1n) is 5.10. The van der Waals surface area contributed by atoms with E-state index >= 15 is 0 Å². The SMILES string of the molecule is CC(C)C1(CO)CC1CNCCO. The Balaban J connectivity index is 2.25. The molecule has 0 aliphatic heterocycles. The molecule has 1 aliphatic rings. The molecule has 0 heterocycles. The van der Waals surface area contributed by atoms with Gasteiger partial charge in [0.15, 0.2) is 0 Å². The van der Waals surface area contributed by atoms with Gasteiger partial charge in [-0.25, -0.2) is 0 Å². The van der Waals surface area contributed by atoms with Crippen LogP contribution in [-0.4, -0.2) is 36.5 Å². The minimum Gasteiger partial charge on any atom is -0.396 e. The van der Waals surface area contributed by atoms with Crippen molar-refractivity contribution in [1.82, 2.24) is 5.32 Å². The minimum atomic E-state index is 0.169. The summed E-state index contributed by atoms with van der Waals surface area (Å²) in [6.45, 7) is 6.43. The van der Waals surface area contributed by atoms with Gasteiger partial charge in [-0.05, 0) is 24.8 Å². The smallest absolute Gasteiger partial charge is 0.0555 e.